The van der Waals surface area contributed by atoms with Crippen LogP contribution in [0.4, 0.5) is 5.69 Å². The van der Waals surface area contributed by atoms with Crippen LogP contribution in [0.1, 0.15) is 18.5 Å². The number of nitrogens with zero attached hydrogens (tertiary/aromatic N) is 3. The second kappa shape index (κ2) is 9.52. The van der Waals surface area contributed by atoms with E-state index in [0.717, 1.165) is 50.3 Å². The van der Waals surface area contributed by atoms with Crippen molar-refractivity contribution in [2.75, 3.05) is 31.6 Å². The van der Waals surface area contributed by atoms with Crippen molar-refractivity contribution in [1.82, 2.24) is 15.3 Å². The maximum Gasteiger partial charge on any atom is 0.119 e. The fourth-order valence-electron chi connectivity index (χ4n) is 3.87. The minimum atomic E-state index is 0.582. The van der Waals surface area contributed by atoms with E-state index in [1.165, 1.54) is 16.8 Å². The Hall–Kier alpha value is -2.92. The Kier molecular flexibility index (Phi) is 6.37. The van der Waals surface area contributed by atoms with Gasteiger partial charge in [0.15, 0.2) is 0 Å². The molecule has 150 valence electrons. The Morgan fingerprint density at radius 3 is 2.59 bits per heavy atom. The molecule has 1 aromatic heterocycles. The zero-order valence-corrected chi connectivity index (χ0v) is 16.9. The van der Waals surface area contributed by atoms with Crippen LogP contribution in [0.15, 0.2) is 67.1 Å². The molecule has 4 rings (SSSR count). The number of hydrogen-bond acceptors (Lipinski definition) is 5. The summed E-state index contributed by atoms with van der Waals surface area (Å²) in [5, 5.41) is 3.68. The third-order valence-electron chi connectivity index (χ3n) is 5.56. The summed E-state index contributed by atoms with van der Waals surface area (Å²) in [6.07, 6.45) is 8.58. The minimum absolute atomic E-state index is 0.582. The summed E-state index contributed by atoms with van der Waals surface area (Å²) in [5.41, 5.74) is 4.75. The van der Waals surface area contributed by atoms with Crippen LogP contribution in [0, 0.1) is 0 Å². The first-order chi connectivity index (χ1) is 14.3. The highest BCUT2D eigenvalue weighted by Gasteiger charge is 2.19. The molecule has 0 aliphatic carbocycles. The second-order valence-electron chi connectivity index (χ2n) is 7.44. The van der Waals surface area contributed by atoms with Gasteiger partial charge in [-0.25, -0.2) is 0 Å². The van der Waals surface area contributed by atoms with Crippen LogP contribution in [0.3, 0.4) is 0 Å². The summed E-state index contributed by atoms with van der Waals surface area (Å²) in [6, 6.07) is 17.7. The predicted molar refractivity (Wildman–Crippen MR) is 117 cm³/mol. The second-order valence-corrected chi connectivity index (χ2v) is 7.44. The van der Waals surface area contributed by atoms with Crippen LogP contribution >= 0.6 is 0 Å². The van der Waals surface area contributed by atoms with E-state index in [1.807, 2.05) is 18.3 Å². The molecular formula is C24H28N4O. The van der Waals surface area contributed by atoms with Gasteiger partial charge in [-0.15, -0.1) is 0 Å². The van der Waals surface area contributed by atoms with Gasteiger partial charge in [0.25, 0.3) is 0 Å². The van der Waals surface area contributed by atoms with Crippen molar-refractivity contribution in [3.8, 4) is 16.9 Å². The average Bonchev–Trinajstić information content (AvgIpc) is 2.80. The third-order valence-corrected chi connectivity index (χ3v) is 5.56. The molecule has 1 N–H and O–H groups in total. The summed E-state index contributed by atoms with van der Waals surface area (Å²) in [5.74, 6) is 0.889. The normalized spacial score (nSPS) is 14.7. The molecule has 1 aliphatic rings. The third kappa shape index (κ3) is 5.12. The van der Waals surface area contributed by atoms with Gasteiger partial charge in [0.05, 0.1) is 12.8 Å². The lowest BCUT2D eigenvalue weighted by Crippen LogP contribution is -2.43. The fourth-order valence-corrected chi connectivity index (χ4v) is 3.87. The molecule has 5 heteroatoms. The molecule has 3 aromatic rings. The van der Waals surface area contributed by atoms with Gasteiger partial charge in [-0.1, -0.05) is 24.3 Å². The van der Waals surface area contributed by atoms with Crippen LogP contribution in [-0.4, -0.2) is 42.8 Å². The molecule has 0 spiro atoms. The van der Waals surface area contributed by atoms with E-state index in [-0.39, 0.29) is 0 Å². The molecule has 1 aliphatic heterocycles. The van der Waals surface area contributed by atoms with E-state index in [9.17, 15) is 0 Å². The summed E-state index contributed by atoms with van der Waals surface area (Å²) >= 11 is 0. The molecular weight excluding hydrogens is 360 g/mol. The van der Waals surface area contributed by atoms with E-state index in [2.05, 4.69) is 56.6 Å². The predicted octanol–water partition coefficient (Wildman–Crippen LogP) is 3.95. The van der Waals surface area contributed by atoms with Gasteiger partial charge in [-0.2, -0.15) is 0 Å². The number of ether oxygens (including phenoxy) is 1. The number of aromatic nitrogens is 2. The first-order valence-corrected chi connectivity index (χ1v) is 10.3. The molecule has 0 unspecified atom stereocenters. The van der Waals surface area contributed by atoms with E-state index in [4.69, 9.17) is 4.74 Å². The highest BCUT2D eigenvalue weighted by Crippen LogP contribution is 2.27. The summed E-state index contributed by atoms with van der Waals surface area (Å²) in [7, 11) is 1.70. The first kappa shape index (κ1) is 19.4. The lowest BCUT2D eigenvalue weighted by molar-refractivity contribution is 0.415. The van der Waals surface area contributed by atoms with Gasteiger partial charge in [-0.05, 0) is 48.2 Å². The maximum atomic E-state index is 5.34. The van der Waals surface area contributed by atoms with Gasteiger partial charge in [0.1, 0.15) is 5.75 Å². The zero-order valence-electron chi connectivity index (χ0n) is 16.9. The molecule has 5 nitrogen and oxygen atoms in total. The van der Waals surface area contributed by atoms with Crippen LogP contribution in [0.5, 0.6) is 5.75 Å². The highest BCUT2D eigenvalue weighted by molar-refractivity contribution is 5.67. The van der Waals surface area contributed by atoms with Crippen molar-refractivity contribution in [3.05, 3.63) is 72.8 Å². The van der Waals surface area contributed by atoms with E-state index < -0.39 is 0 Å². The van der Waals surface area contributed by atoms with E-state index in [1.54, 1.807) is 19.5 Å². The minimum Gasteiger partial charge on any atom is -0.497 e. The fraction of sp³-hybridized carbons (Fsp3) is 0.333. The Balaban J connectivity index is 1.27. The number of benzene rings is 2. The van der Waals surface area contributed by atoms with Crippen molar-refractivity contribution in [2.24, 2.45) is 0 Å². The summed E-state index contributed by atoms with van der Waals surface area (Å²) in [6.45, 7) is 3.13. The zero-order chi connectivity index (χ0) is 19.9. The summed E-state index contributed by atoms with van der Waals surface area (Å²) < 4.78 is 5.34. The van der Waals surface area contributed by atoms with Crippen LogP contribution in [0.25, 0.3) is 11.1 Å². The molecule has 0 saturated carbocycles. The average molecular weight is 389 g/mol. The monoisotopic (exact) mass is 388 g/mol. The topological polar surface area (TPSA) is 50.3 Å². The van der Waals surface area contributed by atoms with Crippen molar-refractivity contribution in [3.63, 3.8) is 0 Å². The largest absolute Gasteiger partial charge is 0.497 e. The van der Waals surface area contributed by atoms with Gasteiger partial charge in [0.2, 0.25) is 0 Å². The van der Waals surface area contributed by atoms with Gasteiger partial charge >= 0.3 is 0 Å². The SMILES string of the molecule is COc1cccc(-c2ccc(N3CCC(NCCc4cnccn4)CC3)cc2)c1. The van der Waals surface area contributed by atoms with Gasteiger partial charge < -0.3 is 15.0 Å². The number of hydrogen-bond donors (Lipinski definition) is 1. The molecule has 0 radical (unpaired) electrons. The van der Waals surface area contributed by atoms with E-state index in [0.29, 0.717) is 6.04 Å². The number of nitrogens with one attached hydrogen (secondary N) is 1. The summed E-state index contributed by atoms with van der Waals surface area (Å²) in [4.78, 5) is 10.9. The molecule has 1 saturated heterocycles. The van der Waals surface area contributed by atoms with Crippen molar-refractivity contribution in [2.45, 2.75) is 25.3 Å². The Labute approximate surface area is 172 Å². The molecule has 0 atom stereocenters. The number of anilines is 1. The number of methoxy groups -OCH3 is 1. The van der Waals surface area contributed by atoms with Crippen molar-refractivity contribution in [1.29, 1.82) is 0 Å². The number of piperidine rings is 1. The maximum absolute atomic E-state index is 5.34. The Morgan fingerprint density at radius 1 is 1.03 bits per heavy atom. The lowest BCUT2D eigenvalue weighted by atomic mass is 10.0. The first-order valence-electron chi connectivity index (χ1n) is 10.3. The standard InChI is InChI=1S/C24H28N4O/c1-29-24-4-2-3-20(17-24)19-5-7-23(8-6-19)28-15-10-21(11-16-28)26-12-9-22-18-25-13-14-27-22/h2-8,13-14,17-18,21,26H,9-12,15-16H2,1H3. The Morgan fingerprint density at radius 2 is 1.86 bits per heavy atom. The molecule has 0 amide bonds. The molecule has 29 heavy (non-hydrogen) atoms. The van der Waals surface area contributed by atoms with Gasteiger partial charge in [-0.3, -0.25) is 9.97 Å². The molecule has 0 bridgehead atoms. The smallest absolute Gasteiger partial charge is 0.119 e. The number of rotatable bonds is 7. The van der Waals surface area contributed by atoms with Crippen LogP contribution in [-0.2, 0) is 6.42 Å². The quantitative estimate of drug-likeness (QED) is 0.664. The Bertz CT molecular complexity index is 890. The van der Waals surface area contributed by atoms with Crippen molar-refractivity contribution >= 4 is 5.69 Å². The van der Waals surface area contributed by atoms with Gasteiger partial charge in [0, 0.05) is 56.4 Å². The lowest BCUT2D eigenvalue weighted by Gasteiger charge is -2.34. The molecule has 1 fully saturated rings. The van der Waals surface area contributed by atoms with Crippen molar-refractivity contribution < 1.29 is 4.74 Å². The molecule has 2 aromatic carbocycles. The van der Waals surface area contributed by atoms with E-state index >= 15 is 0 Å². The highest BCUT2D eigenvalue weighted by atomic mass is 16.5. The molecule has 2 heterocycles. The van der Waals surface area contributed by atoms with Crippen LogP contribution in [0.2, 0.25) is 0 Å². The van der Waals surface area contributed by atoms with Crippen LogP contribution < -0.4 is 15.0 Å².